The molecular formula is C29H35N7O4. The highest BCUT2D eigenvalue weighted by Gasteiger charge is 2.29. The number of carbonyl (C=O) groups excluding carboxylic acids is 2. The van der Waals surface area contributed by atoms with Gasteiger partial charge >= 0.3 is 12.2 Å². The van der Waals surface area contributed by atoms with E-state index in [0.29, 0.717) is 30.0 Å². The maximum absolute atomic E-state index is 13.0. The standard InChI is InChI=1S/C29H35N7O4/c1-28(2,3)39-26(37)34-15-7-8-21(17-34)35-18-23(31-33-35)20-9-10-24-22(16-20)25(19-11-13-30-14-12-19)32-36(24)27(38)40-29(4,5)6/h9-14,16,18,21H,7-8,15,17H2,1-6H3. The van der Waals surface area contributed by atoms with Gasteiger partial charge in [-0.2, -0.15) is 9.78 Å². The van der Waals surface area contributed by atoms with Crippen LogP contribution < -0.4 is 0 Å². The summed E-state index contributed by atoms with van der Waals surface area (Å²) in [6.45, 7) is 12.2. The number of rotatable bonds is 3. The minimum atomic E-state index is -0.664. The first-order valence-electron chi connectivity index (χ1n) is 13.4. The molecule has 1 amide bonds. The average Bonchev–Trinajstić information content (AvgIpc) is 3.53. The first-order valence-corrected chi connectivity index (χ1v) is 13.4. The van der Waals surface area contributed by atoms with Gasteiger partial charge in [0.15, 0.2) is 0 Å². The number of carbonyl (C=O) groups is 2. The van der Waals surface area contributed by atoms with Crippen LogP contribution in [-0.4, -0.2) is 71.1 Å². The normalized spacial score (nSPS) is 16.2. The summed E-state index contributed by atoms with van der Waals surface area (Å²) in [5.41, 5.74) is 2.39. The van der Waals surface area contributed by atoms with E-state index in [-0.39, 0.29) is 12.1 Å². The van der Waals surface area contributed by atoms with Crippen molar-refractivity contribution >= 4 is 23.1 Å². The zero-order valence-electron chi connectivity index (χ0n) is 23.8. The highest BCUT2D eigenvalue weighted by atomic mass is 16.6. The number of hydrogen-bond donors (Lipinski definition) is 0. The molecule has 210 valence electrons. The van der Waals surface area contributed by atoms with E-state index in [0.717, 1.165) is 29.4 Å². The summed E-state index contributed by atoms with van der Waals surface area (Å²) in [5, 5.41) is 14.3. The zero-order valence-corrected chi connectivity index (χ0v) is 23.8. The fourth-order valence-electron chi connectivity index (χ4n) is 4.70. The van der Waals surface area contributed by atoms with Crippen molar-refractivity contribution in [3.05, 3.63) is 48.9 Å². The van der Waals surface area contributed by atoms with Gasteiger partial charge in [-0.3, -0.25) is 4.98 Å². The summed E-state index contributed by atoms with van der Waals surface area (Å²) < 4.78 is 14.3. The van der Waals surface area contributed by atoms with Gasteiger partial charge in [0.2, 0.25) is 0 Å². The van der Waals surface area contributed by atoms with Crippen molar-refractivity contribution in [1.82, 2.24) is 34.7 Å². The highest BCUT2D eigenvalue weighted by Crippen LogP contribution is 2.32. The molecule has 1 fully saturated rings. The van der Waals surface area contributed by atoms with Crippen LogP contribution in [-0.2, 0) is 9.47 Å². The second-order valence-corrected chi connectivity index (χ2v) is 12.0. The van der Waals surface area contributed by atoms with E-state index in [9.17, 15) is 9.59 Å². The second kappa shape index (κ2) is 10.4. The van der Waals surface area contributed by atoms with Gasteiger partial charge in [0.1, 0.15) is 22.6 Å². The Balaban J connectivity index is 1.46. The molecule has 0 saturated carbocycles. The Labute approximate surface area is 233 Å². The molecule has 0 aliphatic carbocycles. The number of piperidine rings is 1. The number of ether oxygens (including phenoxy) is 2. The van der Waals surface area contributed by atoms with E-state index in [4.69, 9.17) is 9.47 Å². The number of aromatic nitrogens is 6. The fourth-order valence-corrected chi connectivity index (χ4v) is 4.70. The molecule has 0 radical (unpaired) electrons. The molecule has 0 spiro atoms. The molecular weight excluding hydrogens is 510 g/mol. The quantitative estimate of drug-likeness (QED) is 0.321. The lowest BCUT2D eigenvalue weighted by Crippen LogP contribution is -2.43. The monoisotopic (exact) mass is 545 g/mol. The number of pyridine rings is 1. The minimum Gasteiger partial charge on any atom is -0.444 e. The molecule has 4 aromatic rings. The highest BCUT2D eigenvalue weighted by molar-refractivity contribution is 5.99. The molecule has 4 heterocycles. The number of benzene rings is 1. The smallest absolute Gasteiger partial charge is 0.435 e. The van der Waals surface area contributed by atoms with Crippen molar-refractivity contribution in [2.75, 3.05) is 13.1 Å². The lowest BCUT2D eigenvalue weighted by molar-refractivity contribution is 0.0166. The number of hydrogen-bond acceptors (Lipinski definition) is 8. The van der Waals surface area contributed by atoms with Crippen LogP contribution in [0.15, 0.2) is 48.9 Å². The minimum absolute atomic E-state index is 0.00597. The number of likely N-dealkylation sites (tertiary alicyclic amines) is 1. The van der Waals surface area contributed by atoms with Gasteiger partial charge in [-0.1, -0.05) is 11.3 Å². The molecule has 1 unspecified atom stereocenters. The Kier molecular flexibility index (Phi) is 7.07. The van der Waals surface area contributed by atoms with Gasteiger partial charge < -0.3 is 14.4 Å². The van der Waals surface area contributed by atoms with Crippen LogP contribution >= 0.6 is 0 Å². The Hall–Kier alpha value is -4.28. The average molecular weight is 546 g/mol. The molecule has 1 aromatic carbocycles. The van der Waals surface area contributed by atoms with Crippen molar-refractivity contribution in [2.45, 2.75) is 71.6 Å². The number of amides is 1. The third kappa shape index (κ3) is 5.98. The molecule has 1 atom stereocenters. The van der Waals surface area contributed by atoms with Crippen molar-refractivity contribution in [3.8, 4) is 22.5 Å². The van der Waals surface area contributed by atoms with E-state index in [1.807, 2.05) is 82.8 Å². The van der Waals surface area contributed by atoms with Gasteiger partial charge in [0, 0.05) is 42.0 Å². The van der Waals surface area contributed by atoms with Crippen LogP contribution in [0.4, 0.5) is 9.59 Å². The van der Waals surface area contributed by atoms with Gasteiger partial charge in [-0.25, -0.2) is 14.3 Å². The first kappa shape index (κ1) is 27.3. The molecule has 11 heteroatoms. The van der Waals surface area contributed by atoms with Gasteiger partial charge in [0.25, 0.3) is 0 Å². The predicted octanol–water partition coefficient (Wildman–Crippen LogP) is 5.71. The fraction of sp³-hybridized carbons (Fsp3) is 0.448. The maximum atomic E-state index is 13.0. The zero-order chi connectivity index (χ0) is 28.7. The van der Waals surface area contributed by atoms with E-state index in [2.05, 4.69) is 20.4 Å². The largest absolute Gasteiger partial charge is 0.444 e. The summed E-state index contributed by atoms with van der Waals surface area (Å²) in [5.74, 6) is 0. The Morgan fingerprint density at radius 1 is 0.925 bits per heavy atom. The van der Waals surface area contributed by atoms with E-state index in [1.165, 1.54) is 4.68 Å². The maximum Gasteiger partial charge on any atom is 0.435 e. The van der Waals surface area contributed by atoms with Crippen molar-refractivity contribution < 1.29 is 19.1 Å². The van der Waals surface area contributed by atoms with Crippen LogP contribution in [0.25, 0.3) is 33.4 Å². The molecule has 0 N–H and O–H groups in total. The Morgan fingerprint density at radius 3 is 2.33 bits per heavy atom. The summed E-state index contributed by atoms with van der Waals surface area (Å²) in [6, 6.07) is 9.39. The van der Waals surface area contributed by atoms with E-state index in [1.54, 1.807) is 17.3 Å². The summed E-state index contributed by atoms with van der Waals surface area (Å²) in [6.07, 6.45) is 6.15. The molecule has 3 aromatic heterocycles. The van der Waals surface area contributed by atoms with Crippen LogP contribution in [0.2, 0.25) is 0 Å². The predicted molar refractivity (Wildman–Crippen MR) is 150 cm³/mol. The SMILES string of the molecule is CC(C)(C)OC(=O)N1CCCC(n2cc(-c3ccc4c(c3)c(-c3ccncc3)nn4C(=O)OC(C)(C)C)nn2)C1. The van der Waals surface area contributed by atoms with Crippen molar-refractivity contribution in [1.29, 1.82) is 0 Å². The number of fused-ring (bicyclic) bond motifs is 1. The van der Waals surface area contributed by atoms with Gasteiger partial charge in [-0.15, -0.1) is 5.10 Å². The molecule has 5 rings (SSSR count). The first-order chi connectivity index (χ1) is 18.9. The van der Waals surface area contributed by atoms with Crippen molar-refractivity contribution in [2.24, 2.45) is 0 Å². The van der Waals surface area contributed by atoms with E-state index >= 15 is 0 Å². The Bertz CT molecular complexity index is 1530. The molecule has 1 aliphatic rings. The summed E-state index contributed by atoms with van der Waals surface area (Å²) >= 11 is 0. The number of nitrogens with zero attached hydrogens (tertiary/aromatic N) is 7. The van der Waals surface area contributed by atoms with Crippen LogP contribution in [0.3, 0.4) is 0 Å². The molecule has 40 heavy (non-hydrogen) atoms. The summed E-state index contributed by atoms with van der Waals surface area (Å²) in [4.78, 5) is 31.5. The Morgan fingerprint density at radius 2 is 1.62 bits per heavy atom. The van der Waals surface area contributed by atoms with Crippen LogP contribution in [0, 0.1) is 0 Å². The third-order valence-electron chi connectivity index (χ3n) is 6.43. The summed E-state index contributed by atoms with van der Waals surface area (Å²) in [7, 11) is 0. The second-order valence-electron chi connectivity index (χ2n) is 12.0. The molecule has 1 saturated heterocycles. The van der Waals surface area contributed by atoms with Crippen LogP contribution in [0.5, 0.6) is 0 Å². The topological polar surface area (TPSA) is 117 Å². The van der Waals surface area contributed by atoms with Gasteiger partial charge in [-0.05, 0) is 78.6 Å². The molecule has 0 bridgehead atoms. The molecule has 11 nitrogen and oxygen atoms in total. The van der Waals surface area contributed by atoms with Crippen LogP contribution in [0.1, 0.15) is 60.4 Å². The van der Waals surface area contributed by atoms with Crippen molar-refractivity contribution in [3.63, 3.8) is 0 Å². The lowest BCUT2D eigenvalue weighted by atomic mass is 10.0. The third-order valence-corrected chi connectivity index (χ3v) is 6.43. The van der Waals surface area contributed by atoms with E-state index < -0.39 is 17.3 Å². The molecule has 1 aliphatic heterocycles. The van der Waals surface area contributed by atoms with Gasteiger partial charge in [0.05, 0.1) is 17.8 Å². The lowest BCUT2D eigenvalue weighted by Gasteiger charge is -2.33.